The largest absolute Gasteiger partial charge is 0.0776 e. The van der Waals surface area contributed by atoms with Crippen LogP contribution in [0.5, 0.6) is 0 Å². The first-order valence-electron chi connectivity index (χ1n) is 2.00. The van der Waals surface area contributed by atoms with E-state index in [0.717, 1.165) is 0 Å². The molecule has 7 heavy (non-hydrogen) atoms. The van der Waals surface area contributed by atoms with E-state index in [9.17, 15) is 0 Å². The van der Waals surface area contributed by atoms with Gasteiger partial charge in [0.2, 0.25) is 0 Å². The molecular formula is C6H16Y. The Morgan fingerprint density at radius 2 is 0.857 bits per heavy atom. The third kappa shape index (κ3) is 152. The average molecular weight is 177 g/mol. The van der Waals surface area contributed by atoms with Gasteiger partial charge in [-0.25, -0.2) is 0 Å². The van der Waals surface area contributed by atoms with Gasteiger partial charge in [-0.05, 0) is 5.41 Å². The molecule has 0 aromatic heterocycles. The van der Waals surface area contributed by atoms with Crippen molar-refractivity contribution >= 4 is 0 Å². The summed E-state index contributed by atoms with van der Waals surface area (Å²) in [7, 11) is 0. The van der Waals surface area contributed by atoms with Gasteiger partial charge >= 0.3 is 0 Å². The van der Waals surface area contributed by atoms with E-state index in [4.69, 9.17) is 0 Å². The van der Waals surface area contributed by atoms with E-state index in [1.807, 2.05) is 0 Å². The molecule has 0 spiro atoms. The van der Waals surface area contributed by atoms with Crippen LogP contribution in [0.15, 0.2) is 0 Å². The van der Waals surface area contributed by atoms with Gasteiger partial charge in [-0.15, -0.1) is 0 Å². The molecule has 0 amide bonds. The number of hydrogen-bond donors (Lipinski definition) is 0. The normalized spacial score (nSPS) is 8.57. The van der Waals surface area contributed by atoms with E-state index >= 15 is 0 Å². The summed E-state index contributed by atoms with van der Waals surface area (Å²) in [5.74, 6) is 0. The zero-order chi connectivity index (χ0) is 4.50. The first-order valence-corrected chi connectivity index (χ1v) is 2.00. The molecule has 0 aliphatic rings. The molecule has 0 nitrogen and oxygen atoms in total. The maximum atomic E-state index is 2.19. The third-order valence-corrected chi connectivity index (χ3v) is 0. The third-order valence-electron chi connectivity index (χ3n) is 0. The van der Waals surface area contributed by atoms with Crippen molar-refractivity contribution in [3.8, 4) is 0 Å². The SMILES string of the molecule is C.CC(C)(C)C.[Y]. The molecule has 0 aromatic rings. The summed E-state index contributed by atoms with van der Waals surface area (Å²) in [4.78, 5) is 0. The van der Waals surface area contributed by atoms with Gasteiger partial charge in [0.25, 0.3) is 0 Å². The van der Waals surface area contributed by atoms with Crippen LogP contribution in [0, 0.1) is 5.41 Å². The molecule has 0 unspecified atom stereocenters. The molecule has 0 saturated heterocycles. The van der Waals surface area contributed by atoms with Crippen LogP contribution in [0.1, 0.15) is 35.1 Å². The van der Waals surface area contributed by atoms with Crippen LogP contribution >= 0.6 is 0 Å². The fourth-order valence-electron chi connectivity index (χ4n) is 0. The van der Waals surface area contributed by atoms with Crippen molar-refractivity contribution < 1.29 is 32.7 Å². The molecule has 0 N–H and O–H groups in total. The van der Waals surface area contributed by atoms with Crippen LogP contribution in [0.3, 0.4) is 0 Å². The van der Waals surface area contributed by atoms with Gasteiger partial charge in [0.05, 0.1) is 0 Å². The first-order chi connectivity index (χ1) is 2.00. The predicted molar refractivity (Wildman–Crippen MR) is 31.9 cm³/mol. The molecule has 0 heterocycles. The Hall–Kier alpha value is 1.10. The van der Waals surface area contributed by atoms with Gasteiger partial charge in [-0.2, -0.15) is 0 Å². The van der Waals surface area contributed by atoms with Crippen molar-refractivity contribution in [1.29, 1.82) is 0 Å². The van der Waals surface area contributed by atoms with Gasteiger partial charge in [0.15, 0.2) is 0 Å². The maximum Gasteiger partial charge on any atom is 0 e. The van der Waals surface area contributed by atoms with E-state index in [2.05, 4.69) is 27.7 Å². The Morgan fingerprint density at radius 1 is 0.857 bits per heavy atom. The Morgan fingerprint density at radius 3 is 0.857 bits per heavy atom. The smallest absolute Gasteiger partial charge is 0 e. The maximum absolute atomic E-state index is 2.19. The van der Waals surface area contributed by atoms with E-state index < -0.39 is 0 Å². The zero-order valence-corrected chi connectivity index (χ0v) is 7.92. The predicted octanol–water partition coefficient (Wildman–Crippen LogP) is 2.69. The van der Waals surface area contributed by atoms with Crippen LogP contribution in [-0.2, 0) is 32.7 Å². The minimum Gasteiger partial charge on any atom is -0.0776 e. The summed E-state index contributed by atoms with van der Waals surface area (Å²) in [6.45, 7) is 8.75. The summed E-state index contributed by atoms with van der Waals surface area (Å²) >= 11 is 0. The molecule has 0 atom stereocenters. The van der Waals surface area contributed by atoms with Crippen molar-refractivity contribution in [3.63, 3.8) is 0 Å². The monoisotopic (exact) mass is 177 g/mol. The minimum absolute atomic E-state index is 0. The summed E-state index contributed by atoms with van der Waals surface area (Å²) in [5.41, 5.74) is 0.500. The number of rotatable bonds is 0. The van der Waals surface area contributed by atoms with Crippen LogP contribution in [0.4, 0.5) is 0 Å². The quantitative estimate of drug-likeness (QED) is 0.533. The summed E-state index contributed by atoms with van der Waals surface area (Å²) in [6.07, 6.45) is 0. The average Bonchev–Trinajstić information content (AvgIpc) is 0.722. The molecule has 0 rings (SSSR count). The second-order valence-corrected chi connectivity index (χ2v) is 3.00. The first kappa shape index (κ1) is 15.7. The molecule has 0 aliphatic heterocycles. The molecule has 1 radical (unpaired) electrons. The van der Waals surface area contributed by atoms with Crippen molar-refractivity contribution in [2.45, 2.75) is 35.1 Å². The van der Waals surface area contributed by atoms with E-state index in [-0.39, 0.29) is 40.1 Å². The molecule has 0 saturated carbocycles. The summed E-state index contributed by atoms with van der Waals surface area (Å²) in [6, 6.07) is 0. The van der Waals surface area contributed by atoms with Crippen molar-refractivity contribution in [2.75, 3.05) is 0 Å². The Labute approximate surface area is 73.0 Å². The Bertz CT molecular complexity index is 19.7. The van der Waals surface area contributed by atoms with Gasteiger partial charge in [0.1, 0.15) is 0 Å². The van der Waals surface area contributed by atoms with E-state index in [1.54, 1.807) is 0 Å². The van der Waals surface area contributed by atoms with Crippen LogP contribution < -0.4 is 0 Å². The molecule has 43 valence electrons. The summed E-state index contributed by atoms with van der Waals surface area (Å²) in [5, 5.41) is 0. The molecule has 0 aliphatic carbocycles. The van der Waals surface area contributed by atoms with Crippen molar-refractivity contribution in [1.82, 2.24) is 0 Å². The fourth-order valence-corrected chi connectivity index (χ4v) is 0. The second kappa shape index (κ2) is 5.24. The molecule has 1 heteroatoms. The minimum atomic E-state index is 0. The van der Waals surface area contributed by atoms with Crippen LogP contribution in [0.2, 0.25) is 0 Å². The Balaban J connectivity index is -0.0000000800. The summed E-state index contributed by atoms with van der Waals surface area (Å²) < 4.78 is 0. The van der Waals surface area contributed by atoms with Crippen LogP contribution in [-0.4, -0.2) is 0 Å². The topological polar surface area (TPSA) is 0 Å². The van der Waals surface area contributed by atoms with Gasteiger partial charge < -0.3 is 0 Å². The van der Waals surface area contributed by atoms with Gasteiger partial charge in [-0.1, -0.05) is 35.1 Å². The number of hydrogen-bond acceptors (Lipinski definition) is 0. The standard InChI is InChI=1S/C5H12.CH4.Y/c1-5(2,3)4;;/h1-4H3;1H4;. The van der Waals surface area contributed by atoms with E-state index in [0.29, 0.717) is 5.41 Å². The second-order valence-electron chi connectivity index (χ2n) is 3.00. The van der Waals surface area contributed by atoms with Gasteiger partial charge in [-0.3, -0.25) is 0 Å². The zero-order valence-electron chi connectivity index (χ0n) is 5.08. The fraction of sp³-hybridized carbons (Fsp3) is 1.00. The van der Waals surface area contributed by atoms with Crippen LogP contribution in [0.25, 0.3) is 0 Å². The van der Waals surface area contributed by atoms with Crippen molar-refractivity contribution in [3.05, 3.63) is 0 Å². The van der Waals surface area contributed by atoms with Crippen molar-refractivity contribution in [2.24, 2.45) is 5.41 Å². The molecule has 0 bridgehead atoms. The Kier molecular flexibility index (Phi) is 11.8. The van der Waals surface area contributed by atoms with E-state index in [1.165, 1.54) is 0 Å². The molecular weight excluding hydrogens is 161 g/mol. The van der Waals surface area contributed by atoms with Gasteiger partial charge in [0, 0.05) is 32.7 Å². The molecule has 0 aromatic carbocycles. The molecule has 0 fully saturated rings.